The van der Waals surface area contributed by atoms with Gasteiger partial charge in [0.1, 0.15) is 0 Å². The van der Waals surface area contributed by atoms with Crippen molar-refractivity contribution in [2.45, 2.75) is 24.3 Å². The van der Waals surface area contributed by atoms with Gasteiger partial charge in [0.2, 0.25) is 0 Å². The summed E-state index contributed by atoms with van der Waals surface area (Å²) in [6, 6.07) is 8.42. The molecular formula is C22H30N6OS. The third-order valence-electron chi connectivity index (χ3n) is 5.95. The van der Waals surface area contributed by atoms with Crippen LogP contribution in [0.2, 0.25) is 0 Å². The summed E-state index contributed by atoms with van der Waals surface area (Å²) in [5.74, 6) is 0.138. The van der Waals surface area contributed by atoms with Crippen molar-refractivity contribution in [3.8, 4) is 0 Å². The predicted molar refractivity (Wildman–Crippen MR) is 121 cm³/mol. The Labute approximate surface area is 182 Å². The fourth-order valence-corrected chi connectivity index (χ4v) is 4.82. The highest BCUT2D eigenvalue weighted by molar-refractivity contribution is 7.98. The van der Waals surface area contributed by atoms with Crippen LogP contribution in [0.5, 0.6) is 0 Å². The second-order valence-corrected chi connectivity index (χ2v) is 8.89. The van der Waals surface area contributed by atoms with E-state index in [2.05, 4.69) is 44.2 Å². The van der Waals surface area contributed by atoms with E-state index >= 15 is 0 Å². The van der Waals surface area contributed by atoms with Gasteiger partial charge in [0.15, 0.2) is 0 Å². The quantitative estimate of drug-likeness (QED) is 0.502. The molecule has 0 aliphatic carbocycles. The second-order valence-electron chi connectivity index (χ2n) is 8.00. The lowest BCUT2D eigenvalue weighted by Gasteiger charge is -2.36. The molecule has 2 aliphatic heterocycles. The summed E-state index contributed by atoms with van der Waals surface area (Å²) in [5.41, 5.74) is 3.04. The van der Waals surface area contributed by atoms with E-state index in [1.54, 1.807) is 4.68 Å². The number of rotatable bonds is 7. The van der Waals surface area contributed by atoms with Crippen LogP contribution >= 0.6 is 11.9 Å². The highest BCUT2D eigenvalue weighted by Crippen LogP contribution is 2.24. The topological polar surface area (TPSA) is 57.0 Å². The maximum atomic E-state index is 12.9. The van der Waals surface area contributed by atoms with Crippen LogP contribution in [0.3, 0.4) is 0 Å². The van der Waals surface area contributed by atoms with Gasteiger partial charge in [-0.05, 0) is 31.2 Å². The molecule has 1 fully saturated rings. The van der Waals surface area contributed by atoms with Crippen LogP contribution in [0.1, 0.15) is 28.0 Å². The minimum Gasteiger partial charge on any atom is -0.337 e. The molecule has 160 valence electrons. The van der Waals surface area contributed by atoms with Crippen LogP contribution < -0.4 is 0 Å². The van der Waals surface area contributed by atoms with E-state index in [0.717, 1.165) is 76.5 Å². The molecule has 1 saturated heterocycles. The van der Waals surface area contributed by atoms with Crippen molar-refractivity contribution in [2.75, 3.05) is 45.8 Å². The normalized spacial score (nSPS) is 18.3. The van der Waals surface area contributed by atoms with Crippen molar-refractivity contribution in [1.82, 2.24) is 24.5 Å². The number of fused-ring (bicyclic) bond motifs is 1. The number of piperazine rings is 1. The van der Waals surface area contributed by atoms with Gasteiger partial charge in [-0.15, -0.1) is 0 Å². The van der Waals surface area contributed by atoms with Gasteiger partial charge in [0.25, 0.3) is 5.91 Å². The summed E-state index contributed by atoms with van der Waals surface area (Å²) >= 11 is 1.45. The molecule has 0 unspecified atom stereocenters. The number of nitrogens with zero attached hydrogens (tertiary/aromatic N) is 6. The summed E-state index contributed by atoms with van der Waals surface area (Å²) in [6.07, 6.45) is 3.74. The molecule has 0 N–H and O–H groups in total. The monoisotopic (exact) mass is 426 g/mol. The zero-order valence-corrected chi connectivity index (χ0v) is 18.5. The van der Waals surface area contributed by atoms with Crippen LogP contribution in [0.4, 0.5) is 0 Å². The number of amides is 1. The summed E-state index contributed by atoms with van der Waals surface area (Å²) < 4.78 is 5.73. The molecule has 0 radical (unpaired) electrons. The lowest BCUT2D eigenvalue weighted by molar-refractivity contribution is 0.0707. The van der Waals surface area contributed by atoms with E-state index < -0.39 is 0 Å². The smallest absolute Gasteiger partial charge is 0.257 e. The Hall–Kier alpha value is -2.16. The average molecular weight is 427 g/mol. The lowest BCUT2D eigenvalue weighted by atomic mass is 10.2. The van der Waals surface area contributed by atoms with Gasteiger partial charge in [-0.1, -0.05) is 18.2 Å². The minimum atomic E-state index is 0.138. The number of carbonyl (C=O) groups excluding carboxylic acids is 1. The Morgan fingerprint density at radius 2 is 1.87 bits per heavy atom. The van der Waals surface area contributed by atoms with Gasteiger partial charge in [0.05, 0.1) is 11.3 Å². The first-order valence-corrected chi connectivity index (χ1v) is 11.4. The molecule has 7 nitrogen and oxygen atoms in total. The van der Waals surface area contributed by atoms with Crippen molar-refractivity contribution < 1.29 is 4.79 Å². The molecule has 8 heteroatoms. The summed E-state index contributed by atoms with van der Waals surface area (Å²) in [5, 5.41) is 4.45. The maximum Gasteiger partial charge on any atom is 0.257 e. The van der Waals surface area contributed by atoms with Crippen LogP contribution in [0.25, 0.3) is 0 Å². The lowest BCUT2D eigenvalue weighted by Crippen LogP contribution is -2.48. The highest BCUT2D eigenvalue weighted by atomic mass is 32.2. The number of carbonyl (C=O) groups is 1. The summed E-state index contributed by atoms with van der Waals surface area (Å²) in [6.45, 7) is 11.2. The standard InChI is InChI=1S/C22H30N6OS/c1-23-30-21-8-4-3-6-18(21)16-27-12-10-26(11-13-27)14-15-28-9-5-7-20-19(22(28)29)17-25(2)24-20/h3-4,6,8,17H,1,5,7,9-16H2,2H3. The van der Waals surface area contributed by atoms with Crippen molar-refractivity contribution in [3.63, 3.8) is 0 Å². The fraction of sp³-hybridized carbons (Fsp3) is 0.500. The van der Waals surface area contributed by atoms with Crippen LogP contribution in [0, 0.1) is 0 Å². The van der Waals surface area contributed by atoms with Gasteiger partial charge in [-0.2, -0.15) is 5.10 Å². The number of benzene rings is 1. The number of aryl methyl sites for hydroxylation is 2. The van der Waals surface area contributed by atoms with Gasteiger partial charge < -0.3 is 4.90 Å². The third kappa shape index (κ3) is 4.94. The largest absolute Gasteiger partial charge is 0.337 e. The van der Waals surface area contributed by atoms with Crippen molar-refractivity contribution in [1.29, 1.82) is 0 Å². The molecule has 2 aliphatic rings. The molecule has 4 rings (SSSR count). The van der Waals surface area contributed by atoms with E-state index in [9.17, 15) is 4.79 Å². The Balaban J connectivity index is 1.26. The van der Waals surface area contributed by atoms with Crippen LogP contribution in [-0.2, 0) is 20.0 Å². The zero-order valence-electron chi connectivity index (χ0n) is 17.7. The Morgan fingerprint density at radius 1 is 1.10 bits per heavy atom. The molecule has 1 aromatic carbocycles. The number of hydrogen-bond donors (Lipinski definition) is 0. The molecule has 0 atom stereocenters. The summed E-state index contributed by atoms with van der Waals surface area (Å²) in [4.78, 5) is 21.1. The van der Waals surface area contributed by atoms with E-state index in [4.69, 9.17) is 0 Å². The van der Waals surface area contributed by atoms with E-state index in [1.807, 2.05) is 24.2 Å². The first kappa shape index (κ1) is 21.1. The predicted octanol–water partition coefficient (Wildman–Crippen LogP) is 2.33. The molecule has 0 bridgehead atoms. The van der Waals surface area contributed by atoms with Crippen LogP contribution in [-0.4, -0.2) is 82.9 Å². The van der Waals surface area contributed by atoms with Gasteiger partial charge in [0, 0.05) is 82.4 Å². The Bertz CT molecular complexity index is 890. The highest BCUT2D eigenvalue weighted by Gasteiger charge is 2.26. The zero-order chi connectivity index (χ0) is 20.9. The SMILES string of the molecule is C=NSc1ccccc1CN1CCN(CCN2CCCc3nn(C)cc3C2=O)CC1. The van der Waals surface area contributed by atoms with E-state index in [1.165, 1.54) is 22.4 Å². The summed E-state index contributed by atoms with van der Waals surface area (Å²) in [7, 11) is 1.89. The number of hydrogen-bond acceptors (Lipinski definition) is 6. The van der Waals surface area contributed by atoms with Gasteiger partial charge >= 0.3 is 0 Å². The molecule has 3 heterocycles. The second kappa shape index (κ2) is 9.76. The first-order valence-electron chi connectivity index (χ1n) is 10.6. The van der Waals surface area contributed by atoms with Crippen molar-refractivity contribution >= 4 is 24.6 Å². The maximum absolute atomic E-state index is 12.9. The third-order valence-corrected chi connectivity index (χ3v) is 6.67. The van der Waals surface area contributed by atoms with Crippen molar-refractivity contribution in [3.05, 3.63) is 47.3 Å². The molecular weight excluding hydrogens is 396 g/mol. The number of aromatic nitrogens is 2. The van der Waals surface area contributed by atoms with Crippen molar-refractivity contribution in [2.24, 2.45) is 11.4 Å². The molecule has 2 aromatic rings. The Kier molecular flexibility index (Phi) is 6.86. The van der Waals surface area contributed by atoms with E-state index in [-0.39, 0.29) is 5.91 Å². The Morgan fingerprint density at radius 3 is 2.67 bits per heavy atom. The molecule has 0 saturated carbocycles. The minimum absolute atomic E-state index is 0.138. The molecule has 1 amide bonds. The average Bonchev–Trinajstić information content (AvgIpc) is 3.06. The van der Waals surface area contributed by atoms with Gasteiger partial charge in [-0.3, -0.25) is 19.3 Å². The van der Waals surface area contributed by atoms with E-state index in [0.29, 0.717) is 0 Å². The van der Waals surface area contributed by atoms with Crippen LogP contribution in [0.15, 0.2) is 39.8 Å². The molecule has 30 heavy (non-hydrogen) atoms. The fourth-order valence-electron chi connectivity index (χ4n) is 4.29. The van der Waals surface area contributed by atoms with Gasteiger partial charge in [-0.25, -0.2) is 4.40 Å². The first-order chi connectivity index (χ1) is 14.6. The molecule has 1 aromatic heterocycles. The molecule has 0 spiro atoms.